The van der Waals surface area contributed by atoms with E-state index in [2.05, 4.69) is 15.3 Å². The van der Waals surface area contributed by atoms with E-state index in [1.54, 1.807) is 18.6 Å². The number of amides is 1. The number of nitrogens with one attached hydrogen (secondary N) is 1. The first-order valence-electron chi connectivity index (χ1n) is 9.68. The molecule has 1 N–H and O–H groups in total. The molecule has 9 nitrogen and oxygen atoms in total. The topological polar surface area (TPSA) is 107 Å². The van der Waals surface area contributed by atoms with E-state index in [1.165, 1.54) is 30.9 Å². The molecule has 3 rings (SSSR count). The van der Waals surface area contributed by atoms with Crippen LogP contribution in [0.4, 0.5) is 10.5 Å². The number of non-ortho nitro benzene ring substituents is 1. The molecule has 2 aromatic rings. The SMILES string of the molecule is CNC(=O)OC[N+]1(Cc2ccccn2)C=NC(C(C)C)=C1Sc1cccc([N+](=O)[O-])c1. The second-order valence-electron chi connectivity index (χ2n) is 7.27. The molecule has 0 saturated heterocycles. The highest BCUT2D eigenvalue weighted by molar-refractivity contribution is 8.02. The smallest absolute Gasteiger partial charge is 0.398 e. The fourth-order valence-electron chi connectivity index (χ4n) is 3.10. The van der Waals surface area contributed by atoms with Crippen molar-refractivity contribution in [2.24, 2.45) is 10.9 Å². The number of rotatable bonds is 8. The van der Waals surface area contributed by atoms with Crippen molar-refractivity contribution >= 4 is 29.9 Å². The predicted molar refractivity (Wildman–Crippen MR) is 118 cm³/mol. The number of nitro benzene ring substituents is 1. The molecule has 0 radical (unpaired) electrons. The molecule has 1 unspecified atom stereocenters. The Kier molecular flexibility index (Phi) is 7.03. The van der Waals surface area contributed by atoms with Crippen LogP contribution in [0.25, 0.3) is 0 Å². The number of alkyl carbamates (subject to hydrolysis) is 1. The van der Waals surface area contributed by atoms with E-state index in [0.29, 0.717) is 11.4 Å². The summed E-state index contributed by atoms with van der Waals surface area (Å²) in [6, 6.07) is 12.1. The fraction of sp³-hybridized carbons (Fsp3) is 0.286. The van der Waals surface area contributed by atoms with Gasteiger partial charge in [-0.2, -0.15) is 0 Å². The average molecular weight is 443 g/mol. The Morgan fingerprint density at radius 3 is 2.74 bits per heavy atom. The van der Waals surface area contributed by atoms with Crippen molar-refractivity contribution in [3.8, 4) is 0 Å². The number of aromatic nitrogens is 1. The maximum Gasteiger partial charge on any atom is 0.411 e. The lowest BCUT2D eigenvalue weighted by molar-refractivity contribution is -0.820. The van der Waals surface area contributed by atoms with Crippen LogP contribution in [0.5, 0.6) is 0 Å². The largest absolute Gasteiger partial charge is 0.411 e. The summed E-state index contributed by atoms with van der Waals surface area (Å²) in [5.74, 6) is 0.0983. The van der Waals surface area contributed by atoms with Crippen molar-refractivity contribution in [1.29, 1.82) is 0 Å². The number of quaternary nitrogens is 1. The Hall–Kier alpha value is -3.24. The molecule has 1 aromatic heterocycles. The first-order valence-corrected chi connectivity index (χ1v) is 10.5. The molecular weight excluding hydrogens is 418 g/mol. The maximum absolute atomic E-state index is 11.9. The Morgan fingerprint density at radius 1 is 1.29 bits per heavy atom. The first kappa shape index (κ1) is 22.4. The van der Waals surface area contributed by atoms with Crippen LogP contribution in [0.3, 0.4) is 0 Å². The highest BCUT2D eigenvalue weighted by atomic mass is 32.2. The molecule has 0 fully saturated rings. The van der Waals surface area contributed by atoms with Gasteiger partial charge in [-0.3, -0.25) is 15.1 Å². The van der Waals surface area contributed by atoms with Crippen LogP contribution in [-0.4, -0.2) is 40.6 Å². The number of benzene rings is 1. The Labute approximate surface area is 184 Å². The molecule has 1 atom stereocenters. The number of pyridine rings is 1. The van der Waals surface area contributed by atoms with Crippen LogP contribution in [0.15, 0.2) is 69.3 Å². The molecular formula is C21H24N5O4S+. The zero-order valence-electron chi connectivity index (χ0n) is 17.5. The number of allylic oxidation sites excluding steroid dienone is 1. The fourth-order valence-corrected chi connectivity index (χ4v) is 4.39. The van der Waals surface area contributed by atoms with Gasteiger partial charge in [-0.05, 0) is 30.0 Å². The van der Waals surface area contributed by atoms with Gasteiger partial charge >= 0.3 is 6.09 Å². The van der Waals surface area contributed by atoms with Crippen molar-refractivity contribution in [2.45, 2.75) is 25.3 Å². The van der Waals surface area contributed by atoms with E-state index < -0.39 is 11.0 Å². The zero-order valence-corrected chi connectivity index (χ0v) is 18.3. The van der Waals surface area contributed by atoms with Gasteiger partial charge < -0.3 is 10.1 Å². The number of ether oxygens (including phenoxy) is 1. The summed E-state index contributed by atoms with van der Waals surface area (Å²) in [7, 11) is 1.50. The summed E-state index contributed by atoms with van der Waals surface area (Å²) in [6.45, 7) is 4.48. The highest BCUT2D eigenvalue weighted by Gasteiger charge is 2.42. The van der Waals surface area contributed by atoms with Crippen molar-refractivity contribution in [3.05, 3.63) is 75.2 Å². The van der Waals surface area contributed by atoms with Crippen LogP contribution in [0.2, 0.25) is 0 Å². The maximum atomic E-state index is 11.9. The molecule has 1 aliphatic rings. The highest BCUT2D eigenvalue weighted by Crippen LogP contribution is 2.43. The quantitative estimate of drug-likeness (QED) is 0.371. The summed E-state index contributed by atoms with van der Waals surface area (Å²) >= 11 is 1.39. The van der Waals surface area contributed by atoms with Crippen LogP contribution in [0.1, 0.15) is 19.5 Å². The minimum absolute atomic E-state index is 0.00717. The van der Waals surface area contributed by atoms with Gasteiger partial charge in [-0.25, -0.2) is 14.3 Å². The second kappa shape index (κ2) is 9.71. The van der Waals surface area contributed by atoms with Gasteiger partial charge in [-0.15, -0.1) is 0 Å². The lowest BCUT2D eigenvalue weighted by Gasteiger charge is -2.31. The summed E-state index contributed by atoms with van der Waals surface area (Å²) in [5, 5.41) is 14.5. The van der Waals surface area contributed by atoms with Gasteiger partial charge in [0.25, 0.3) is 5.69 Å². The standard InChI is InChI=1S/C21H23N5O4S/c1-15(2)19-20(31-18-9-6-8-17(11-18)25(28)29)26(13-24-19,14-30-21(27)22-3)12-16-7-4-5-10-23-16/h4-11,13,15H,12,14H2,1-3H3/p+1. The Bertz CT molecular complexity index is 1030. The summed E-state index contributed by atoms with van der Waals surface area (Å²) in [5.41, 5.74) is 1.66. The normalized spacial score (nSPS) is 17.8. The van der Waals surface area contributed by atoms with Crippen LogP contribution in [0, 0.1) is 16.0 Å². The molecule has 31 heavy (non-hydrogen) atoms. The van der Waals surface area contributed by atoms with Crippen molar-refractivity contribution < 1.29 is 18.9 Å². The Balaban J connectivity index is 2.04. The molecule has 0 aliphatic carbocycles. The van der Waals surface area contributed by atoms with Gasteiger partial charge in [0.2, 0.25) is 11.8 Å². The number of carbonyl (C=O) groups is 1. The van der Waals surface area contributed by atoms with Crippen LogP contribution < -0.4 is 5.32 Å². The predicted octanol–water partition coefficient (Wildman–Crippen LogP) is 4.28. The minimum atomic E-state index is -0.551. The zero-order chi connectivity index (χ0) is 22.4. The molecule has 10 heteroatoms. The van der Waals surface area contributed by atoms with Gasteiger partial charge in [-0.1, -0.05) is 26.0 Å². The summed E-state index contributed by atoms with van der Waals surface area (Å²) in [4.78, 5) is 32.5. The van der Waals surface area contributed by atoms with Crippen molar-refractivity contribution in [2.75, 3.05) is 13.8 Å². The van der Waals surface area contributed by atoms with Crippen LogP contribution in [-0.2, 0) is 11.3 Å². The van der Waals surface area contributed by atoms with Gasteiger partial charge in [0, 0.05) is 36.2 Å². The third kappa shape index (κ3) is 5.28. The number of thioether (sulfide) groups is 1. The van der Waals surface area contributed by atoms with E-state index >= 15 is 0 Å². The Morgan fingerprint density at radius 2 is 2.10 bits per heavy atom. The van der Waals surface area contributed by atoms with Crippen LogP contribution >= 0.6 is 11.8 Å². The monoisotopic (exact) mass is 442 g/mol. The lowest BCUT2D eigenvalue weighted by atomic mass is 10.1. The lowest BCUT2D eigenvalue weighted by Crippen LogP contribution is -2.46. The molecule has 0 bridgehead atoms. The van der Waals surface area contributed by atoms with E-state index in [4.69, 9.17) is 4.74 Å². The van der Waals surface area contributed by atoms with Gasteiger partial charge in [0.1, 0.15) is 12.2 Å². The molecule has 162 valence electrons. The van der Waals surface area contributed by atoms with E-state index in [1.807, 2.05) is 38.1 Å². The number of carbonyl (C=O) groups excluding carboxylic acids is 1. The number of nitro groups is 1. The number of nitrogens with zero attached hydrogens (tertiary/aromatic N) is 4. The molecule has 1 aliphatic heterocycles. The number of hydrogen-bond donors (Lipinski definition) is 1. The number of aliphatic imine (C=N–C) groups is 1. The third-order valence-electron chi connectivity index (χ3n) is 4.63. The van der Waals surface area contributed by atoms with Crippen molar-refractivity contribution in [3.63, 3.8) is 0 Å². The van der Waals surface area contributed by atoms with Gasteiger partial charge in [0.15, 0.2) is 6.34 Å². The summed E-state index contributed by atoms with van der Waals surface area (Å²) < 4.78 is 5.57. The second-order valence-corrected chi connectivity index (χ2v) is 8.33. The van der Waals surface area contributed by atoms with Gasteiger partial charge in [0.05, 0.1) is 10.6 Å². The molecule has 1 amide bonds. The molecule has 1 aromatic carbocycles. The van der Waals surface area contributed by atoms with Crippen molar-refractivity contribution in [1.82, 2.24) is 10.3 Å². The third-order valence-corrected chi connectivity index (χ3v) is 5.89. The van der Waals surface area contributed by atoms with E-state index in [9.17, 15) is 14.9 Å². The molecule has 2 heterocycles. The number of hydrogen-bond acceptors (Lipinski definition) is 7. The average Bonchev–Trinajstić information content (AvgIpc) is 3.11. The molecule has 0 saturated carbocycles. The first-order chi connectivity index (χ1) is 14.8. The molecule has 0 spiro atoms. The minimum Gasteiger partial charge on any atom is -0.398 e. The van der Waals surface area contributed by atoms with E-state index in [-0.39, 0.29) is 22.8 Å². The summed E-state index contributed by atoms with van der Waals surface area (Å²) in [6.07, 6.45) is 2.91. The van der Waals surface area contributed by atoms with E-state index in [0.717, 1.165) is 16.4 Å².